The first-order valence-electron chi connectivity index (χ1n) is 8.38. The number of nitrogens with zero attached hydrogens (tertiary/aromatic N) is 1. The molecule has 2 aromatic rings. The summed E-state index contributed by atoms with van der Waals surface area (Å²) in [6.07, 6.45) is 0.638. The maximum absolute atomic E-state index is 12.5. The highest BCUT2D eigenvalue weighted by Gasteiger charge is 2.25. The van der Waals surface area contributed by atoms with Crippen LogP contribution in [0.4, 0.5) is 11.4 Å². The molecule has 0 radical (unpaired) electrons. The number of nitrogens with two attached hydrogens (primary N) is 1. The summed E-state index contributed by atoms with van der Waals surface area (Å²) in [4.78, 5) is 10.3. The number of sulfone groups is 1. The van der Waals surface area contributed by atoms with Crippen LogP contribution in [-0.2, 0) is 19.9 Å². The zero-order valence-corrected chi connectivity index (χ0v) is 16.7. The minimum absolute atomic E-state index is 0.141. The van der Waals surface area contributed by atoms with Crippen molar-refractivity contribution in [2.45, 2.75) is 34.8 Å². The van der Waals surface area contributed by atoms with Crippen LogP contribution in [-0.4, -0.2) is 33.6 Å². The summed E-state index contributed by atoms with van der Waals surface area (Å²) in [6, 6.07) is 11.6. The Kier molecular flexibility index (Phi) is 6.75. The van der Waals surface area contributed by atoms with Crippen molar-refractivity contribution in [3.8, 4) is 0 Å². The maximum Gasteiger partial charge on any atom is 0.293 e. The molecule has 0 fully saturated rings. The van der Waals surface area contributed by atoms with Crippen molar-refractivity contribution in [1.82, 2.24) is 0 Å². The van der Waals surface area contributed by atoms with E-state index >= 15 is 0 Å². The van der Waals surface area contributed by atoms with Gasteiger partial charge in [-0.1, -0.05) is 24.3 Å². The predicted octanol–water partition coefficient (Wildman–Crippen LogP) is 2.30. The summed E-state index contributed by atoms with van der Waals surface area (Å²) < 4.78 is 48.4. The van der Waals surface area contributed by atoms with Crippen LogP contribution in [0.1, 0.15) is 19.8 Å². The largest absolute Gasteiger partial charge is 0.378 e. The Labute approximate surface area is 163 Å². The Morgan fingerprint density at radius 2 is 1.71 bits per heavy atom. The van der Waals surface area contributed by atoms with E-state index < -0.39 is 35.7 Å². The summed E-state index contributed by atoms with van der Waals surface area (Å²) in [5.74, 6) is 0. The van der Waals surface area contributed by atoms with Crippen LogP contribution in [0.15, 0.2) is 58.3 Å². The van der Waals surface area contributed by atoms with Gasteiger partial charge in [0.25, 0.3) is 5.69 Å². The van der Waals surface area contributed by atoms with E-state index in [-0.39, 0.29) is 28.4 Å². The van der Waals surface area contributed by atoms with E-state index in [4.69, 9.17) is 5.14 Å². The molecule has 0 aliphatic carbocycles. The third kappa shape index (κ3) is 5.06. The quantitative estimate of drug-likeness (QED) is 0.354. The van der Waals surface area contributed by atoms with E-state index in [9.17, 15) is 26.9 Å². The Bertz CT molecular complexity index is 1050. The minimum Gasteiger partial charge on any atom is -0.378 e. The number of benzene rings is 2. The highest BCUT2D eigenvalue weighted by molar-refractivity contribution is 7.92. The van der Waals surface area contributed by atoms with Crippen molar-refractivity contribution in [1.29, 1.82) is 0 Å². The highest BCUT2D eigenvalue weighted by atomic mass is 32.2. The fourth-order valence-corrected chi connectivity index (χ4v) is 4.89. The van der Waals surface area contributed by atoms with Crippen LogP contribution in [0.25, 0.3) is 0 Å². The smallest absolute Gasteiger partial charge is 0.293 e. The number of para-hydroxylation sites is 1. The lowest BCUT2D eigenvalue weighted by Gasteiger charge is -2.14. The van der Waals surface area contributed by atoms with Gasteiger partial charge in [-0.05, 0) is 38.0 Å². The van der Waals surface area contributed by atoms with E-state index in [2.05, 4.69) is 5.32 Å². The van der Waals surface area contributed by atoms with Gasteiger partial charge in [-0.15, -0.1) is 0 Å². The molecule has 9 nitrogen and oxygen atoms in total. The summed E-state index contributed by atoms with van der Waals surface area (Å²) in [5.41, 5.74) is -0.620. The topological polar surface area (TPSA) is 149 Å². The normalized spacial score (nSPS) is 13.1. The number of hydrogen-bond acceptors (Lipinski definition) is 7. The Morgan fingerprint density at radius 3 is 2.29 bits per heavy atom. The first kappa shape index (κ1) is 21.8. The molecular formula is C17H21N3O6S2. The number of anilines is 1. The second-order valence-electron chi connectivity index (χ2n) is 6.19. The van der Waals surface area contributed by atoms with Crippen LogP contribution in [0.3, 0.4) is 0 Å². The fraction of sp³-hybridized carbons (Fsp3) is 0.294. The first-order chi connectivity index (χ1) is 13.0. The van der Waals surface area contributed by atoms with Crippen molar-refractivity contribution in [2.24, 2.45) is 5.14 Å². The second kappa shape index (κ2) is 8.67. The minimum atomic E-state index is -4.17. The molecule has 0 saturated carbocycles. The Balaban J connectivity index is 2.09. The van der Waals surface area contributed by atoms with Crippen LogP contribution in [0, 0.1) is 10.1 Å². The van der Waals surface area contributed by atoms with Gasteiger partial charge in [0.1, 0.15) is 10.6 Å². The molecule has 1 atom stereocenters. The summed E-state index contributed by atoms with van der Waals surface area (Å²) >= 11 is 0. The third-order valence-electron chi connectivity index (χ3n) is 4.20. The maximum atomic E-state index is 12.5. The lowest BCUT2D eigenvalue weighted by molar-refractivity contribution is -0.384. The number of primary sulfonamides is 1. The molecule has 0 amide bonds. The average Bonchev–Trinajstić information content (AvgIpc) is 2.64. The van der Waals surface area contributed by atoms with Crippen LogP contribution < -0.4 is 10.5 Å². The van der Waals surface area contributed by atoms with Gasteiger partial charge in [0.05, 0.1) is 15.1 Å². The number of hydrogen-bond donors (Lipinski definition) is 2. The molecular weight excluding hydrogens is 406 g/mol. The van der Waals surface area contributed by atoms with Crippen molar-refractivity contribution < 1.29 is 21.8 Å². The van der Waals surface area contributed by atoms with E-state index in [0.29, 0.717) is 6.42 Å². The molecule has 152 valence electrons. The van der Waals surface area contributed by atoms with Crippen molar-refractivity contribution >= 4 is 31.2 Å². The number of nitrogens with one attached hydrogen (secondary N) is 1. The highest BCUT2D eigenvalue weighted by Crippen LogP contribution is 2.31. The molecule has 0 aliphatic heterocycles. The molecule has 0 spiro atoms. The van der Waals surface area contributed by atoms with E-state index in [1.807, 2.05) is 0 Å². The number of sulfonamides is 1. The molecule has 0 bridgehead atoms. The summed E-state index contributed by atoms with van der Waals surface area (Å²) in [5, 5.41) is 18.4. The lowest BCUT2D eigenvalue weighted by atomic mass is 10.2. The van der Waals surface area contributed by atoms with E-state index in [0.717, 1.165) is 0 Å². The molecule has 2 aromatic carbocycles. The zero-order valence-electron chi connectivity index (χ0n) is 15.1. The van der Waals surface area contributed by atoms with E-state index in [1.165, 1.54) is 30.3 Å². The summed E-state index contributed by atoms with van der Waals surface area (Å²) in [6.45, 7) is 1.73. The van der Waals surface area contributed by atoms with Crippen LogP contribution in [0.5, 0.6) is 0 Å². The first-order valence-corrected chi connectivity index (χ1v) is 11.5. The molecule has 3 N–H and O–H groups in total. The molecule has 28 heavy (non-hydrogen) atoms. The monoisotopic (exact) mass is 427 g/mol. The zero-order chi connectivity index (χ0) is 20.9. The van der Waals surface area contributed by atoms with Crippen molar-refractivity contribution in [2.75, 3.05) is 11.9 Å². The van der Waals surface area contributed by atoms with Gasteiger partial charge in [-0.25, -0.2) is 22.0 Å². The van der Waals surface area contributed by atoms with Gasteiger partial charge >= 0.3 is 0 Å². The van der Waals surface area contributed by atoms with Gasteiger partial charge in [0.15, 0.2) is 9.84 Å². The number of nitro benzene ring substituents is 1. The second-order valence-corrected chi connectivity index (χ2v) is 10.1. The van der Waals surface area contributed by atoms with Gasteiger partial charge in [0.2, 0.25) is 10.0 Å². The van der Waals surface area contributed by atoms with Gasteiger partial charge < -0.3 is 5.32 Å². The molecule has 0 aliphatic rings. The standard InChI is InChI=1S/C17H21N3O6S2/c1-13(27(23,24)14-8-3-2-4-9-14)7-6-12-19-17-15(20(21)22)10-5-11-16(17)28(18,25)26/h2-5,8-11,13,19H,6-7,12H2,1H3,(H2,18,25,26). The fourth-order valence-electron chi connectivity index (χ4n) is 2.69. The predicted molar refractivity (Wildman–Crippen MR) is 105 cm³/mol. The third-order valence-corrected chi connectivity index (χ3v) is 7.38. The van der Waals surface area contributed by atoms with Gasteiger partial charge in [0, 0.05) is 12.6 Å². The van der Waals surface area contributed by atoms with Crippen LogP contribution >= 0.6 is 0 Å². The summed E-state index contributed by atoms with van der Waals surface area (Å²) in [7, 11) is -7.65. The van der Waals surface area contributed by atoms with Gasteiger partial charge in [-0.3, -0.25) is 10.1 Å². The van der Waals surface area contributed by atoms with E-state index in [1.54, 1.807) is 25.1 Å². The SMILES string of the molecule is CC(CCCNc1c([N+](=O)[O-])cccc1S(N)(=O)=O)S(=O)(=O)c1ccccc1. The molecule has 2 rings (SSSR count). The molecule has 0 heterocycles. The Hall–Kier alpha value is -2.50. The molecule has 0 aromatic heterocycles. The molecule has 0 saturated heterocycles. The van der Waals surface area contributed by atoms with Gasteiger partial charge in [-0.2, -0.15) is 0 Å². The molecule has 1 unspecified atom stereocenters. The van der Waals surface area contributed by atoms with Crippen molar-refractivity contribution in [3.05, 3.63) is 58.6 Å². The van der Waals surface area contributed by atoms with Crippen molar-refractivity contribution in [3.63, 3.8) is 0 Å². The molecule has 11 heteroatoms. The number of rotatable bonds is 9. The number of nitro groups is 1. The van der Waals surface area contributed by atoms with Crippen LogP contribution in [0.2, 0.25) is 0 Å². The lowest BCUT2D eigenvalue weighted by Crippen LogP contribution is -2.20. The average molecular weight is 428 g/mol. The Morgan fingerprint density at radius 1 is 1.07 bits per heavy atom.